The van der Waals surface area contributed by atoms with E-state index in [1.165, 1.54) is 12.6 Å². The zero-order valence-electron chi connectivity index (χ0n) is 11.3. The summed E-state index contributed by atoms with van der Waals surface area (Å²) in [5.74, 6) is 1.20. The molecule has 2 N–H and O–H groups in total. The number of aromatic nitrogens is 2. The van der Waals surface area contributed by atoms with Crippen molar-refractivity contribution < 1.29 is 5.11 Å². The molecule has 5 heteroatoms. The highest BCUT2D eigenvalue weighted by Crippen LogP contribution is 2.33. The summed E-state index contributed by atoms with van der Waals surface area (Å²) in [6, 6.07) is 1.99. The van der Waals surface area contributed by atoms with Gasteiger partial charge in [-0.15, -0.1) is 0 Å². The highest BCUT2D eigenvalue weighted by atomic mass is 16.3. The van der Waals surface area contributed by atoms with Gasteiger partial charge in [0.2, 0.25) is 0 Å². The van der Waals surface area contributed by atoms with Crippen molar-refractivity contribution in [3.05, 3.63) is 18.1 Å². The van der Waals surface area contributed by atoms with Gasteiger partial charge in [0, 0.05) is 18.9 Å². The van der Waals surface area contributed by atoms with Gasteiger partial charge in [-0.2, -0.15) is 5.26 Å². The first-order chi connectivity index (χ1) is 9.17. The van der Waals surface area contributed by atoms with E-state index < -0.39 is 5.60 Å². The van der Waals surface area contributed by atoms with Gasteiger partial charge in [-0.05, 0) is 31.6 Å². The Hall–Kier alpha value is -1.67. The molecule has 102 valence electrons. The quantitative estimate of drug-likeness (QED) is 0.866. The molecule has 1 aromatic rings. The lowest BCUT2D eigenvalue weighted by atomic mass is 9.78. The van der Waals surface area contributed by atoms with Crippen LogP contribution in [-0.4, -0.2) is 27.2 Å². The topological polar surface area (TPSA) is 81.8 Å². The molecule has 0 unspecified atom stereocenters. The van der Waals surface area contributed by atoms with Crippen LogP contribution in [0.4, 0.5) is 5.82 Å². The minimum atomic E-state index is -0.685. The van der Waals surface area contributed by atoms with Crippen LogP contribution in [0, 0.1) is 17.2 Å². The Morgan fingerprint density at radius 3 is 2.74 bits per heavy atom. The van der Waals surface area contributed by atoms with Crippen LogP contribution in [0.15, 0.2) is 12.4 Å². The van der Waals surface area contributed by atoms with Gasteiger partial charge < -0.3 is 10.4 Å². The molecule has 0 aliphatic heterocycles. The predicted molar refractivity (Wildman–Crippen MR) is 72.4 cm³/mol. The smallest absolute Gasteiger partial charge is 0.182 e. The lowest BCUT2D eigenvalue weighted by molar-refractivity contribution is 0.00222. The van der Waals surface area contributed by atoms with Crippen LogP contribution in [0.2, 0.25) is 0 Å². The fourth-order valence-corrected chi connectivity index (χ4v) is 2.60. The number of rotatable bonds is 4. The van der Waals surface area contributed by atoms with E-state index in [2.05, 4.69) is 22.2 Å². The number of nitrogens with zero attached hydrogens (tertiary/aromatic N) is 3. The molecule has 0 spiro atoms. The molecule has 19 heavy (non-hydrogen) atoms. The van der Waals surface area contributed by atoms with Crippen LogP contribution in [0.3, 0.4) is 0 Å². The van der Waals surface area contributed by atoms with E-state index in [-0.39, 0.29) is 5.69 Å². The van der Waals surface area contributed by atoms with Gasteiger partial charge in [-0.3, -0.25) is 0 Å². The Morgan fingerprint density at radius 1 is 1.42 bits per heavy atom. The maximum Gasteiger partial charge on any atom is 0.182 e. The van der Waals surface area contributed by atoms with E-state index in [1.807, 2.05) is 6.07 Å². The molecule has 0 saturated heterocycles. The van der Waals surface area contributed by atoms with Crippen molar-refractivity contribution in [3.63, 3.8) is 0 Å². The normalized spacial score (nSPS) is 26.7. The molecule has 1 fully saturated rings. The minimum Gasteiger partial charge on any atom is -0.388 e. The van der Waals surface area contributed by atoms with Crippen LogP contribution >= 0.6 is 0 Å². The minimum absolute atomic E-state index is 0.272. The first kappa shape index (κ1) is 13.8. The Morgan fingerprint density at radius 2 is 2.11 bits per heavy atom. The van der Waals surface area contributed by atoms with Gasteiger partial charge >= 0.3 is 0 Å². The second-order valence-corrected chi connectivity index (χ2v) is 5.29. The second-order valence-electron chi connectivity index (χ2n) is 5.29. The van der Waals surface area contributed by atoms with Crippen molar-refractivity contribution in [2.75, 3.05) is 11.9 Å². The van der Waals surface area contributed by atoms with Crippen molar-refractivity contribution in [3.8, 4) is 6.07 Å². The van der Waals surface area contributed by atoms with E-state index in [0.717, 1.165) is 31.6 Å². The summed E-state index contributed by atoms with van der Waals surface area (Å²) in [5.41, 5.74) is -0.413. The molecule has 0 bridgehead atoms. The van der Waals surface area contributed by atoms with E-state index in [1.54, 1.807) is 6.20 Å². The molecule has 0 amide bonds. The van der Waals surface area contributed by atoms with E-state index >= 15 is 0 Å². The fourth-order valence-electron chi connectivity index (χ4n) is 2.60. The highest BCUT2D eigenvalue weighted by Gasteiger charge is 2.32. The Labute approximate surface area is 113 Å². The summed E-state index contributed by atoms with van der Waals surface area (Å²) in [6.07, 6.45) is 7.97. The average molecular weight is 260 g/mol. The number of aliphatic hydroxyl groups is 1. The van der Waals surface area contributed by atoms with E-state index in [4.69, 9.17) is 5.26 Å². The molecule has 1 aromatic heterocycles. The van der Waals surface area contributed by atoms with Gasteiger partial charge in [0.1, 0.15) is 6.07 Å². The Kier molecular flexibility index (Phi) is 4.33. The van der Waals surface area contributed by atoms with Gasteiger partial charge in [0.05, 0.1) is 5.60 Å². The monoisotopic (exact) mass is 260 g/mol. The SMILES string of the molecule is CCC1CCC(O)(CNc2nccnc2C#N)CC1. The molecule has 1 saturated carbocycles. The molecule has 1 heterocycles. The summed E-state index contributed by atoms with van der Waals surface area (Å²) in [4.78, 5) is 8.03. The zero-order chi connectivity index (χ0) is 13.7. The van der Waals surface area contributed by atoms with E-state index in [9.17, 15) is 5.11 Å². The predicted octanol–water partition coefficient (Wildman–Crippen LogP) is 2.09. The molecule has 0 aromatic carbocycles. The lowest BCUT2D eigenvalue weighted by Gasteiger charge is -2.36. The van der Waals surface area contributed by atoms with Crippen molar-refractivity contribution >= 4 is 5.82 Å². The Bertz CT molecular complexity index is 461. The largest absolute Gasteiger partial charge is 0.388 e. The third-order valence-electron chi connectivity index (χ3n) is 4.00. The summed E-state index contributed by atoms with van der Waals surface area (Å²) in [7, 11) is 0. The summed E-state index contributed by atoms with van der Waals surface area (Å²) < 4.78 is 0. The summed E-state index contributed by atoms with van der Waals surface area (Å²) in [6.45, 7) is 2.63. The summed E-state index contributed by atoms with van der Waals surface area (Å²) in [5, 5.41) is 22.5. The number of anilines is 1. The first-order valence-corrected chi connectivity index (χ1v) is 6.84. The summed E-state index contributed by atoms with van der Waals surface area (Å²) >= 11 is 0. The third-order valence-corrected chi connectivity index (χ3v) is 4.00. The number of hydrogen-bond acceptors (Lipinski definition) is 5. The fraction of sp³-hybridized carbons (Fsp3) is 0.643. The average Bonchev–Trinajstić information content (AvgIpc) is 2.46. The van der Waals surface area contributed by atoms with Crippen molar-refractivity contribution in [2.45, 2.75) is 44.6 Å². The molecule has 1 aliphatic carbocycles. The van der Waals surface area contributed by atoms with Crippen LogP contribution in [-0.2, 0) is 0 Å². The molecule has 0 radical (unpaired) electrons. The molecular formula is C14H20N4O. The van der Waals surface area contributed by atoms with Crippen LogP contribution < -0.4 is 5.32 Å². The third kappa shape index (κ3) is 3.42. The first-order valence-electron chi connectivity index (χ1n) is 6.84. The van der Waals surface area contributed by atoms with Crippen LogP contribution in [0.5, 0.6) is 0 Å². The number of hydrogen-bond donors (Lipinski definition) is 2. The van der Waals surface area contributed by atoms with E-state index in [0.29, 0.717) is 12.4 Å². The number of nitrogens with one attached hydrogen (secondary N) is 1. The maximum absolute atomic E-state index is 10.5. The van der Waals surface area contributed by atoms with Crippen LogP contribution in [0.1, 0.15) is 44.7 Å². The number of nitriles is 1. The van der Waals surface area contributed by atoms with Crippen molar-refractivity contribution in [2.24, 2.45) is 5.92 Å². The highest BCUT2D eigenvalue weighted by molar-refractivity contribution is 5.46. The molecule has 5 nitrogen and oxygen atoms in total. The Balaban J connectivity index is 1.94. The van der Waals surface area contributed by atoms with Gasteiger partial charge in [0.15, 0.2) is 11.5 Å². The molecule has 0 atom stereocenters. The maximum atomic E-state index is 10.5. The van der Waals surface area contributed by atoms with Gasteiger partial charge in [-0.1, -0.05) is 13.3 Å². The molecule has 1 aliphatic rings. The van der Waals surface area contributed by atoms with Crippen molar-refractivity contribution in [1.29, 1.82) is 5.26 Å². The molecular weight excluding hydrogens is 240 g/mol. The standard InChI is InChI=1S/C14H20N4O/c1-2-11-3-5-14(19,6-4-11)10-18-13-12(9-15)16-7-8-17-13/h7-8,11,19H,2-6,10H2,1H3,(H,17,18). The van der Waals surface area contributed by atoms with Crippen molar-refractivity contribution in [1.82, 2.24) is 9.97 Å². The zero-order valence-corrected chi connectivity index (χ0v) is 11.3. The second kappa shape index (κ2) is 5.98. The van der Waals surface area contributed by atoms with Gasteiger partial charge in [0.25, 0.3) is 0 Å². The van der Waals surface area contributed by atoms with Gasteiger partial charge in [-0.25, -0.2) is 9.97 Å². The molecule has 2 rings (SSSR count). The lowest BCUT2D eigenvalue weighted by Crippen LogP contribution is -2.40. The van der Waals surface area contributed by atoms with Crippen LogP contribution in [0.25, 0.3) is 0 Å².